The molecule has 0 saturated heterocycles. The normalized spacial score (nSPS) is 15.7. The number of unbranched alkanes of at least 4 members (excludes halogenated alkanes) is 1. The first kappa shape index (κ1) is 26.8. The van der Waals surface area contributed by atoms with Crippen LogP contribution in [0, 0.1) is 23.4 Å². The maximum Gasteiger partial charge on any atom is 0.201 e. The van der Waals surface area contributed by atoms with Gasteiger partial charge in [0.2, 0.25) is 5.82 Å². The predicted molar refractivity (Wildman–Crippen MR) is 147 cm³/mol. The van der Waals surface area contributed by atoms with E-state index < -0.39 is 11.6 Å². The lowest BCUT2D eigenvalue weighted by atomic mass is 9.84. The highest BCUT2D eigenvalue weighted by Crippen LogP contribution is 2.36. The molecule has 0 amide bonds. The highest BCUT2D eigenvalue weighted by atomic mass is 19.2. The summed E-state index contributed by atoms with van der Waals surface area (Å²) < 4.78 is 49.7. The molecule has 0 N–H and O–H groups in total. The molecule has 4 rings (SSSR count). The molecular weight excluding hydrogens is 469 g/mol. The van der Waals surface area contributed by atoms with Crippen LogP contribution >= 0.6 is 0 Å². The Labute approximate surface area is 218 Å². The van der Waals surface area contributed by atoms with Gasteiger partial charge in [0.25, 0.3) is 0 Å². The largest absolute Gasteiger partial charge is 0.490 e. The summed E-state index contributed by atoms with van der Waals surface area (Å²) in [7, 11) is 0. The summed E-state index contributed by atoms with van der Waals surface area (Å²) in [5, 5.41) is 0. The summed E-state index contributed by atoms with van der Waals surface area (Å²) >= 11 is 0. The third kappa shape index (κ3) is 6.54. The molecule has 1 nitrogen and oxygen atoms in total. The number of hydrogen-bond donors (Lipinski definition) is 0. The molecule has 0 bridgehead atoms. The molecule has 1 aliphatic rings. The molecule has 1 unspecified atom stereocenters. The maximum atomic E-state index is 15.1. The number of ether oxygens (including phenoxy) is 1. The molecule has 0 heterocycles. The third-order valence-electron chi connectivity index (χ3n) is 7.14. The zero-order valence-electron chi connectivity index (χ0n) is 21.7. The van der Waals surface area contributed by atoms with Crippen molar-refractivity contribution in [3.05, 3.63) is 95.8 Å². The van der Waals surface area contributed by atoms with E-state index in [4.69, 9.17) is 4.74 Å². The minimum atomic E-state index is -0.975. The van der Waals surface area contributed by atoms with Crippen LogP contribution in [-0.4, -0.2) is 6.61 Å². The lowest BCUT2D eigenvalue weighted by Gasteiger charge is -2.22. The van der Waals surface area contributed by atoms with E-state index in [0.717, 1.165) is 55.2 Å². The van der Waals surface area contributed by atoms with E-state index in [0.29, 0.717) is 23.7 Å². The van der Waals surface area contributed by atoms with Gasteiger partial charge in [0.05, 0.1) is 6.61 Å². The minimum absolute atomic E-state index is 0.0702. The Morgan fingerprint density at radius 3 is 2.30 bits per heavy atom. The van der Waals surface area contributed by atoms with Crippen molar-refractivity contribution in [3.63, 3.8) is 0 Å². The number of allylic oxidation sites excluding steroid dienone is 4. The second kappa shape index (κ2) is 12.8. The van der Waals surface area contributed by atoms with Gasteiger partial charge in [-0.2, -0.15) is 4.39 Å². The molecule has 0 aliphatic heterocycles. The molecule has 194 valence electrons. The topological polar surface area (TPSA) is 9.23 Å². The van der Waals surface area contributed by atoms with E-state index in [1.807, 2.05) is 38.1 Å². The summed E-state index contributed by atoms with van der Waals surface area (Å²) in [6.07, 6.45) is 13.5. The molecule has 0 saturated carbocycles. The standard InChI is InChI=1S/C33H35F3O/c1-3-5-7-8-23-9-11-25(12-10-23)28-18-17-27(22-30(28)34)24-13-15-26(16-14-24)29-19-20-31(33(36)32(29)35)37-21-6-4-2/h3,5,11,13-20,22-23H,4,6-10,12,21H2,1-2H3/b5-3+. The van der Waals surface area contributed by atoms with E-state index in [1.165, 1.54) is 18.6 Å². The number of rotatable bonds is 10. The molecule has 1 atom stereocenters. The molecule has 3 aromatic carbocycles. The molecule has 3 aromatic rings. The van der Waals surface area contributed by atoms with Crippen molar-refractivity contribution < 1.29 is 17.9 Å². The lowest BCUT2D eigenvalue weighted by molar-refractivity contribution is 0.289. The van der Waals surface area contributed by atoms with Gasteiger partial charge in [0, 0.05) is 11.1 Å². The number of halogens is 3. The average Bonchev–Trinajstić information content (AvgIpc) is 2.92. The van der Waals surface area contributed by atoms with Crippen molar-refractivity contribution in [3.8, 4) is 28.0 Å². The SMILES string of the molecule is C/C=C/CCC1CC=C(c2ccc(-c3ccc(-c4ccc(OCCCC)c(F)c4F)cc3)cc2F)CC1. The van der Waals surface area contributed by atoms with Crippen LogP contribution in [0.1, 0.15) is 64.4 Å². The van der Waals surface area contributed by atoms with Crippen LogP contribution in [-0.2, 0) is 0 Å². The highest BCUT2D eigenvalue weighted by Gasteiger charge is 2.18. The predicted octanol–water partition coefficient (Wildman–Crippen LogP) is 10.2. The summed E-state index contributed by atoms with van der Waals surface area (Å²) in [5.74, 6) is -1.53. The zero-order valence-corrected chi connectivity index (χ0v) is 21.7. The van der Waals surface area contributed by atoms with Gasteiger partial charge in [-0.1, -0.05) is 68.0 Å². The van der Waals surface area contributed by atoms with Gasteiger partial charge in [0.15, 0.2) is 11.6 Å². The second-order valence-electron chi connectivity index (χ2n) is 9.73. The van der Waals surface area contributed by atoms with Crippen molar-refractivity contribution >= 4 is 5.57 Å². The van der Waals surface area contributed by atoms with Gasteiger partial charge in [0.1, 0.15) is 5.82 Å². The molecule has 1 aliphatic carbocycles. The van der Waals surface area contributed by atoms with Crippen LogP contribution in [0.5, 0.6) is 5.75 Å². The quantitative estimate of drug-likeness (QED) is 0.197. The number of hydrogen-bond acceptors (Lipinski definition) is 1. The van der Waals surface area contributed by atoms with Crippen molar-refractivity contribution in [1.29, 1.82) is 0 Å². The average molecular weight is 505 g/mol. The Balaban J connectivity index is 1.46. The molecular formula is C33H35F3O. The van der Waals surface area contributed by atoms with Crippen LogP contribution < -0.4 is 4.74 Å². The van der Waals surface area contributed by atoms with Gasteiger partial charge in [-0.3, -0.25) is 0 Å². The van der Waals surface area contributed by atoms with E-state index >= 15 is 4.39 Å². The molecule has 0 spiro atoms. The van der Waals surface area contributed by atoms with Crippen LogP contribution in [0.15, 0.2) is 72.8 Å². The van der Waals surface area contributed by atoms with Crippen molar-refractivity contribution in [2.45, 2.75) is 58.8 Å². The summed E-state index contributed by atoms with van der Waals surface area (Å²) in [6.45, 7) is 4.40. The zero-order chi connectivity index (χ0) is 26.2. The number of benzene rings is 3. The van der Waals surface area contributed by atoms with Crippen LogP contribution in [0.25, 0.3) is 27.8 Å². The first-order chi connectivity index (χ1) is 18.0. The van der Waals surface area contributed by atoms with Gasteiger partial charge in [-0.15, -0.1) is 0 Å². The minimum Gasteiger partial charge on any atom is -0.490 e. The van der Waals surface area contributed by atoms with E-state index in [2.05, 4.69) is 18.2 Å². The summed E-state index contributed by atoms with van der Waals surface area (Å²) in [4.78, 5) is 0. The van der Waals surface area contributed by atoms with Crippen molar-refractivity contribution in [2.75, 3.05) is 6.61 Å². The summed E-state index contributed by atoms with van der Waals surface area (Å²) in [5.41, 5.74) is 4.04. The van der Waals surface area contributed by atoms with Crippen molar-refractivity contribution in [2.24, 2.45) is 5.92 Å². The first-order valence-electron chi connectivity index (χ1n) is 13.3. The van der Waals surface area contributed by atoms with Crippen molar-refractivity contribution in [1.82, 2.24) is 0 Å². The third-order valence-corrected chi connectivity index (χ3v) is 7.14. The van der Waals surface area contributed by atoms with Gasteiger partial charge in [-0.05, 0) is 91.8 Å². The Morgan fingerprint density at radius 2 is 1.62 bits per heavy atom. The Morgan fingerprint density at radius 1 is 0.892 bits per heavy atom. The fourth-order valence-electron chi connectivity index (χ4n) is 4.88. The van der Waals surface area contributed by atoms with Gasteiger partial charge >= 0.3 is 0 Å². The van der Waals surface area contributed by atoms with E-state index in [-0.39, 0.29) is 17.1 Å². The maximum absolute atomic E-state index is 15.1. The van der Waals surface area contributed by atoms with Crippen LogP contribution in [0.4, 0.5) is 13.2 Å². The smallest absolute Gasteiger partial charge is 0.201 e. The fraction of sp³-hybridized carbons (Fsp3) is 0.333. The van der Waals surface area contributed by atoms with Gasteiger partial charge in [-0.25, -0.2) is 8.78 Å². The molecule has 4 heteroatoms. The second-order valence-corrected chi connectivity index (χ2v) is 9.73. The Hall–Kier alpha value is -3.27. The summed E-state index contributed by atoms with van der Waals surface area (Å²) in [6, 6.07) is 15.4. The molecule has 0 aromatic heterocycles. The Bertz CT molecular complexity index is 1260. The Kier molecular flexibility index (Phi) is 9.27. The van der Waals surface area contributed by atoms with E-state index in [1.54, 1.807) is 18.2 Å². The first-order valence-corrected chi connectivity index (χ1v) is 13.3. The highest BCUT2D eigenvalue weighted by molar-refractivity contribution is 5.74. The van der Waals surface area contributed by atoms with Gasteiger partial charge < -0.3 is 4.74 Å². The lowest BCUT2D eigenvalue weighted by Crippen LogP contribution is -2.06. The van der Waals surface area contributed by atoms with Crippen LogP contribution in [0.2, 0.25) is 0 Å². The fourth-order valence-corrected chi connectivity index (χ4v) is 4.88. The van der Waals surface area contributed by atoms with E-state index in [9.17, 15) is 8.78 Å². The monoisotopic (exact) mass is 504 g/mol. The molecule has 0 radical (unpaired) electrons. The molecule has 37 heavy (non-hydrogen) atoms. The van der Waals surface area contributed by atoms with Crippen LogP contribution in [0.3, 0.4) is 0 Å². The molecule has 0 fully saturated rings.